The Balaban J connectivity index is 1.84. The quantitative estimate of drug-likeness (QED) is 0.325. The van der Waals surface area contributed by atoms with Crippen molar-refractivity contribution in [3.8, 4) is 5.75 Å². The molecule has 1 aromatic heterocycles. The van der Waals surface area contributed by atoms with Gasteiger partial charge in [-0.05, 0) is 60.0 Å². The van der Waals surface area contributed by atoms with E-state index in [4.69, 9.17) is 4.74 Å². The predicted molar refractivity (Wildman–Crippen MR) is 121 cm³/mol. The van der Waals surface area contributed by atoms with Crippen LogP contribution in [-0.4, -0.2) is 33.3 Å². The molecule has 1 aliphatic rings. The number of hydrogen-bond donors (Lipinski definition) is 1. The number of likely N-dealkylation sites (tertiary alicyclic amines) is 1. The van der Waals surface area contributed by atoms with Crippen molar-refractivity contribution >= 4 is 17.4 Å². The largest absolute Gasteiger partial charge is 0.507 e. The predicted octanol–water partition coefficient (Wildman–Crippen LogP) is 4.63. The first-order chi connectivity index (χ1) is 16.0. The van der Waals surface area contributed by atoms with Gasteiger partial charge >= 0.3 is 0 Å². The van der Waals surface area contributed by atoms with Gasteiger partial charge in [0.2, 0.25) is 0 Å². The van der Waals surface area contributed by atoms with Crippen LogP contribution in [0.15, 0.2) is 78.6 Å². The monoisotopic (exact) mass is 446 g/mol. The first-order valence-corrected chi connectivity index (χ1v) is 10.7. The van der Waals surface area contributed by atoms with Crippen LogP contribution in [0.1, 0.15) is 36.1 Å². The number of ketones is 1. The summed E-state index contributed by atoms with van der Waals surface area (Å²) in [6.45, 7) is 2.65. The third-order valence-corrected chi connectivity index (χ3v) is 5.38. The second-order valence-electron chi connectivity index (χ2n) is 7.72. The average Bonchev–Trinajstić information content (AvgIpc) is 3.08. The topological polar surface area (TPSA) is 79.7 Å². The van der Waals surface area contributed by atoms with Gasteiger partial charge in [-0.3, -0.25) is 14.6 Å². The first kappa shape index (κ1) is 22.2. The molecule has 6 nitrogen and oxygen atoms in total. The Kier molecular flexibility index (Phi) is 6.49. The summed E-state index contributed by atoms with van der Waals surface area (Å²) in [5, 5.41) is 11.0. The summed E-state index contributed by atoms with van der Waals surface area (Å²) in [6, 6.07) is 15.0. The molecule has 1 N–H and O–H groups in total. The zero-order chi connectivity index (χ0) is 23.4. The van der Waals surface area contributed by atoms with Gasteiger partial charge in [0.1, 0.15) is 17.3 Å². The Labute approximate surface area is 191 Å². The highest BCUT2D eigenvalue weighted by molar-refractivity contribution is 6.46. The number of carbonyl (C=O) groups is 2. The third-order valence-electron chi connectivity index (χ3n) is 5.38. The Morgan fingerprint density at radius 1 is 1.12 bits per heavy atom. The van der Waals surface area contributed by atoms with Crippen LogP contribution in [0.3, 0.4) is 0 Å². The van der Waals surface area contributed by atoms with Crippen molar-refractivity contribution in [2.45, 2.75) is 25.9 Å². The summed E-state index contributed by atoms with van der Waals surface area (Å²) in [4.78, 5) is 31.7. The second kappa shape index (κ2) is 9.65. The molecule has 0 bridgehead atoms. The number of benzene rings is 2. The van der Waals surface area contributed by atoms with Crippen molar-refractivity contribution in [1.82, 2.24) is 9.88 Å². The van der Waals surface area contributed by atoms with Gasteiger partial charge in [-0.1, -0.05) is 25.1 Å². The maximum absolute atomic E-state index is 13.4. The summed E-state index contributed by atoms with van der Waals surface area (Å²) in [7, 11) is 0. The molecule has 1 fully saturated rings. The fourth-order valence-corrected chi connectivity index (χ4v) is 3.84. The first-order valence-electron chi connectivity index (χ1n) is 10.7. The summed E-state index contributed by atoms with van der Waals surface area (Å²) in [5.41, 5.74) is 1.56. The van der Waals surface area contributed by atoms with E-state index in [2.05, 4.69) is 4.98 Å². The molecule has 0 saturated carbocycles. The van der Waals surface area contributed by atoms with Crippen molar-refractivity contribution < 1.29 is 23.8 Å². The van der Waals surface area contributed by atoms with Crippen molar-refractivity contribution in [2.75, 3.05) is 6.61 Å². The number of Topliss-reactive ketones (excluding diaryl/α,β-unsaturated/α-hetero) is 1. The third kappa shape index (κ3) is 4.62. The van der Waals surface area contributed by atoms with Gasteiger partial charge in [-0.25, -0.2) is 4.39 Å². The average molecular weight is 446 g/mol. The number of pyridine rings is 1. The van der Waals surface area contributed by atoms with Gasteiger partial charge in [0.05, 0.1) is 18.2 Å². The van der Waals surface area contributed by atoms with Crippen LogP contribution < -0.4 is 4.74 Å². The normalized spacial score (nSPS) is 17.4. The van der Waals surface area contributed by atoms with E-state index in [0.717, 1.165) is 12.0 Å². The molecule has 0 spiro atoms. The smallest absolute Gasteiger partial charge is 0.295 e. The molecule has 168 valence electrons. The minimum atomic E-state index is -0.847. The highest BCUT2D eigenvalue weighted by Crippen LogP contribution is 2.41. The SMILES string of the molecule is CCCOc1cccc(C2/C(=C(/O)c3ccc(F)cc3)C(=O)C(=O)N2Cc2cccnc2)c1. The minimum absolute atomic E-state index is 0.0526. The zero-order valence-electron chi connectivity index (χ0n) is 18.1. The van der Waals surface area contributed by atoms with Gasteiger partial charge < -0.3 is 14.7 Å². The number of rotatable bonds is 7. The Morgan fingerprint density at radius 3 is 2.61 bits per heavy atom. The standard InChI is InChI=1S/C26H23FN2O4/c1-2-13-33-21-7-3-6-19(14-21)23-22(24(30)18-8-10-20(27)11-9-18)25(31)26(32)29(23)16-17-5-4-12-28-15-17/h3-12,14-15,23,30H,2,13,16H2,1H3/b24-22-. The molecule has 3 aromatic rings. The molecular formula is C26H23FN2O4. The zero-order valence-corrected chi connectivity index (χ0v) is 18.1. The molecule has 2 aromatic carbocycles. The van der Waals surface area contributed by atoms with E-state index in [1.54, 1.807) is 42.7 Å². The maximum Gasteiger partial charge on any atom is 0.295 e. The summed E-state index contributed by atoms with van der Waals surface area (Å²) in [6.07, 6.45) is 4.07. The molecule has 7 heteroatoms. The van der Waals surface area contributed by atoms with Crippen LogP contribution in [0, 0.1) is 5.82 Å². The van der Waals surface area contributed by atoms with Gasteiger partial charge in [-0.2, -0.15) is 0 Å². The van der Waals surface area contributed by atoms with E-state index in [1.807, 2.05) is 13.0 Å². The fraction of sp³-hybridized carbons (Fsp3) is 0.192. The molecule has 1 amide bonds. The molecule has 33 heavy (non-hydrogen) atoms. The van der Waals surface area contributed by atoms with E-state index in [9.17, 15) is 19.1 Å². The van der Waals surface area contributed by atoms with E-state index < -0.39 is 23.5 Å². The number of hydrogen-bond acceptors (Lipinski definition) is 5. The molecule has 1 saturated heterocycles. The Morgan fingerprint density at radius 2 is 1.91 bits per heavy atom. The number of ether oxygens (including phenoxy) is 1. The summed E-state index contributed by atoms with van der Waals surface area (Å²) < 4.78 is 19.1. The summed E-state index contributed by atoms with van der Waals surface area (Å²) >= 11 is 0. The van der Waals surface area contributed by atoms with Gasteiger partial charge in [0.15, 0.2) is 0 Å². The number of aromatic nitrogens is 1. The number of nitrogens with zero attached hydrogens (tertiary/aromatic N) is 2. The van der Waals surface area contributed by atoms with Crippen LogP contribution in [0.25, 0.3) is 5.76 Å². The fourth-order valence-electron chi connectivity index (χ4n) is 3.84. The van der Waals surface area contributed by atoms with Crippen molar-refractivity contribution in [1.29, 1.82) is 0 Å². The lowest BCUT2D eigenvalue weighted by Crippen LogP contribution is -2.29. The van der Waals surface area contributed by atoms with E-state index >= 15 is 0 Å². The molecule has 2 heterocycles. The molecular weight excluding hydrogens is 423 g/mol. The second-order valence-corrected chi connectivity index (χ2v) is 7.72. The number of amides is 1. The lowest BCUT2D eigenvalue weighted by atomic mass is 9.95. The minimum Gasteiger partial charge on any atom is -0.507 e. The van der Waals surface area contributed by atoms with Crippen LogP contribution in [0.2, 0.25) is 0 Å². The lowest BCUT2D eigenvalue weighted by Gasteiger charge is -2.25. The number of aliphatic hydroxyl groups excluding tert-OH is 1. The molecule has 1 unspecified atom stereocenters. The Hall–Kier alpha value is -4.00. The number of halogens is 1. The molecule has 1 atom stereocenters. The lowest BCUT2D eigenvalue weighted by molar-refractivity contribution is -0.140. The molecule has 1 aliphatic heterocycles. The highest BCUT2D eigenvalue weighted by atomic mass is 19.1. The van der Waals surface area contributed by atoms with Crippen molar-refractivity contribution in [3.05, 3.63) is 101 Å². The van der Waals surface area contributed by atoms with E-state index in [1.165, 1.54) is 29.2 Å². The van der Waals surface area contributed by atoms with Gasteiger partial charge in [-0.15, -0.1) is 0 Å². The number of aliphatic hydroxyl groups is 1. The maximum atomic E-state index is 13.4. The Bertz CT molecular complexity index is 1190. The molecule has 4 rings (SSSR count). The van der Waals surface area contributed by atoms with Crippen LogP contribution in [-0.2, 0) is 16.1 Å². The van der Waals surface area contributed by atoms with Crippen molar-refractivity contribution in [2.24, 2.45) is 0 Å². The molecule has 0 aliphatic carbocycles. The van der Waals surface area contributed by atoms with Gasteiger partial charge in [0, 0.05) is 24.5 Å². The van der Waals surface area contributed by atoms with Crippen molar-refractivity contribution in [3.63, 3.8) is 0 Å². The number of carbonyl (C=O) groups excluding carboxylic acids is 2. The van der Waals surface area contributed by atoms with Gasteiger partial charge in [0.25, 0.3) is 11.7 Å². The van der Waals surface area contributed by atoms with Crippen LogP contribution >= 0.6 is 0 Å². The van der Waals surface area contributed by atoms with E-state index in [0.29, 0.717) is 17.9 Å². The highest BCUT2D eigenvalue weighted by Gasteiger charge is 2.46. The van der Waals surface area contributed by atoms with Crippen LogP contribution in [0.5, 0.6) is 5.75 Å². The van der Waals surface area contributed by atoms with E-state index in [-0.39, 0.29) is 23.4 Å². The summed E-state index contributed by atoms with van der Waals surface area (Å²) in [5.74, 6) is -1.76. The molecule has 0 radical (unpaired) electrons. The van der Waals surface area contributed by atoms with Crippen LogP contribution in [0.4, 0.5) is 4.39 Å².